The van der Waals surface area contributed by atoms with Crippen molar-refractivity contribution in [3.05, 3.63) is 41.0 Å². The number of halogens is 1. The summed E-state index contributed by atoms with van der Waals surface area (Å²) in [7, 11) is 0. The van der Waals surface area contributed by atoms with E-state index in [1.54, 1.807) is 0 Å². The molecule has 0 amide bonds. The molecule has 1 aromatic carbocycles. The highest BCUT2D eigenvalue weighted by molar-refractivity contribution is 6.35. The SMILES string of the molecule is CCCCCCCCCCc1cc(Cl)c2ccccc2n1. The molecule has 1 nitrogen and oxygen atoms in total. The van der Waals surface area contributed by atoms with E-state index in [2.05, 4.69) is 6.92 Å². The minimum atomic E-state index is 0.829. The predicted octanol–water partition coefficient (Wildman–Crippen LogP) is 6.57. The van der Waals surface area contributed by atoms with Gasteiger partial charge in [-0.15, -0.1) is 0 Å². The second-order valence-electron chi connectivity index (χ2n) is 5.84. The standard InChI is InChI=1S/C19H26ClN/c1-2-3-4-5-6-7-8-9-12-16-15-18(20)17-13-10-11-14-19(17)21-16/h10-11,13-15H,2-9,12H2,1H3. The molecule has 0 spiro atoms. The zero-order chi connectivity index (χ0) is 14.9. The van der Waals surface area contributed by atoms with Crippen molar-refractivity contribution in [3.8, 4) is 0 Å². The van der Waals surface area contributed by atoms with E-state index in [1.165, 1.54) is 51.4 Å². The lowest BCUT2D eigenvalue weighted by molar-refractivity contribution is 0.574. The van der Waals surface area contributed by atoms with Gasteiger partial charge >= 0.3 is 0 Å². The molecule has 2 aromatic rings. The fourth-order valence-electron chi connectivity index (χ4n) is 2.75. The number of fused-ring (bicyclic) bond motifs is 1. The van der Waals surface area contributed by atoms with Crippen molar-refractivity contribution in [1.82, 2.24) is 4.98 Å². The summed E-state index contributed by atoms with van der Waals surface area (Å²) >= 11 is 6.33. The van der Waals surface area contributed by atoms with E-state index in [9.17, 15) is 0 Å². The Morgan fingerprint density at radius 1 is 0.905 bits per heavy atom. The Morgan fingerprint density at radius 2 is 1.57 bits per heavy atom. The quantitative estimate of drug-likeness (QED) is 0.477. The average molecular weight is 304 g/mol. The summed E-state index contributed by atoms with van der Waals surface area (Å²) in [6.45, 7) is 2.27. The Kier molecular flexibility index (Phi) is 7.02. The smallest absolute Gasteiger partial charge is 0.0720 e. The first-order valence-electron chi connectivity index (χ1n) is 8.35. The number of para-hydroxylation sites is 1. The van der Waals surface area contributed by atoms with Crippen molar-refractivity contribution in [2.24, 2.45) is 0 Å². The molecule has 21 heavy (non-hydrogen) atoms. The number of aromatic nitrogens is 1. The van der Waals surface area contributed by atoms with Crippen molar-refractivity contribution in [2.45, 2.75) is 64.7 Å². The highest BCUT2D eigenvalue weighted by Gasteiger charge is 2.03. The molecule has 114 valence electrons. The zero-order valence-corrected chi connectivity index (χ0v) is 13.8. The van der Waals surface area contributed by atoms with Crippen LogP contribution in [0.3, 0.4) is 0 Å². The second-order valence-corrected chi connectivity index (χ2v) is 6.24. The van der Waals surface area contributed by atoms with Gasteiger partial charge in [-0.2, -0.15) is 0 Å². The van der Waals surface area contributed by atoms with Gasteiger partial charge in [-0.25, -0.2) is 0 Å². The van der Waals surface area contributed by atoms with Crippen LogP contribution in [-0.4, -0.2) is 4.98 Å². The molecule has 0 aliphatic carbocycles. The molecule has 0 atom stereocenters. The number of hydrogen-bond donors (Lipinski definition) is 0. The third-order valence-corrected chi connectivity index (χ3v) is 4.32. The van der Waals surface area contributed by atoms with Crippen LogP contribution in [0.1, 0.15) is 64.0 Å². The van der Waals surface area contributed by atoms with E-state index in [0.717, 1.165) is 28.0 Å². The summed E-state index contributed by atoms with van der Waals surface area (Å²) in [6.07, 6.45) is 11.8. The molecule has 0 aliphatic heterocycles. The van der Waals surface area contributed by atoms with Gasteiger partial charge in [0.25, 0.3) is 0 Å². The molecular weight excluding hydrogens is 278 g/mol. The Hall–Kier alpha value is -1.08. The predicted molar refractivity (Wildman–Crippen MR) is 93.1 cm³/mol. The van der Waals surface area contributed by atoms with Crippen molar-refractivity contribution >= 4 is 22.5 Å². The second kappa shape index (κ2) is 9.04. The van der Waals surface area contributed by atoms with E-state index in [-0.39, 0.29) is 0 Å². The van der Waals surface area contributed by atoms with Crippen LogP contribution < -0.4 is 0 Å². The van der Waals surface area contributed by atoms with Crippen LogP contribution in [0.4, 0.5) is 0 Å². The maximum Gasteiger partial charge on any atom is 0.0720 e. The van der Waals surface area contributed by atoms with Gasteiger partial charge < -0.3 is 0 Å². The molecule has 2 rings (SSSR count). The van der Waals surface area contributed by atoms with Crippen LogP contribution >= 0.6 is 11.6 Å². The maximum atomic E-state index is 6.33. The third kappa shape index (κ3) is 5.32. The van der Waals surface area contributed by atoms with Crippen LogP contribution in [0.2, 0.25) is 5.02 Å². The molecular formula is C19H26ClN. The minimum absolute atomic E-state index is 0.829. The van der Waals surface area contributed by atoms with Gasteiger partial charge in [-0.1, -0.05) is 81.7 Å². The molecule has 1 aromatic heterocycles. The summed E-state index contributed by atoms with van der Waals surface area (Å²) < 4.78 is 0. The van der Waals surface area contributed by atoms with E-state index >= 15 is 0 Å². The highest BCUT2D eigenvalue weighted by atomic mass is 35.5. The minimum Gasteiger partial charge on any atom is -0.253 e. The van der Waals surface area contributed by atoms with Crippen LogP contribution in [0.5, 0.6) is 0 Å². The first-order chi connectivity index (χ1) is 10.3. The van der Waals surface area contributed by atoms with Gasteiger partial charge in [0.1, 0.15) is 0 Å². The number of pyridine rings is 1. The lowest BCUT2D eigenvalue weighted by Gasteiger charge is -2.05. The van der Waals surface area contributed by atoms with Crippen molar-refractivity contribution in [3.63, 3.8) is 0 Å². The summed E-state index contributed by atoms with van der Waals surface area (Å²) in [5.74, 6) is 0. The molecule has 0 N–H and O–H groups in total. The number of unbranched alkanes of at least 4 members (excludes halogenated alkanes) is 7. The zero-order valence-electron chi connectivity index (χ0n) is 13.1. The number of nitrogens with zero attached hydrogens (tertiary/aromatic N) is 1. The first-order valence-corrected chi connectivity index (χ1v) is 8.73. The van der Waals surface area contributed by atoms with Gasteiger partial charge in [-0.05, 0) is 25.0 Å². The highest BCUT2D eigenvalue weighted by Crippen LogP contribution is 2.23. The van der Waals surface area contributed by atoms with Gasteiger partial charge in [0.15, 0.2) is 0 Å². The molecule has 0 aliphatic rings. The molecule has 1 heterocycles. The number of aryl methyl sites for hydroxylation is 1. The molecule has 0 unspecified atom stereocenters. The molecule has 0 bridgehead atoms. The number of benzene rings is 1. The van der Waals surface area contributed by atoms with Crippen molar-refractivity contribution < 1.29 is 0 Å². The monoisotopic (exact) mass is 303 g/mol. The van der Waals surface area contributed by atoms with Gasteiger partial charge in [-0.3, -0.25) is 4.98 Å². The Balaban J connectivity index is 1.74. The molecule has 2 heteroatoms. The first kappa shape index (κ1) is 16.3. The van der Waals surface area contributed by atoms with Crippen LogP contribution in [-0.2, 0) is 6.42 Å². The van der Waals surface area contributed by atoms with E-state index in [1.807, 2.05) is 30.3 Å². The fourth-order valence-corrected chi connectivity index (χ4v) is 3.04. The molecule has 0 saturated carbocycles. The Labute approximate surface area is 133 Å². The summed E-state index contributed by atoms with van der Waals surface area (Å²) in [5.41, 5.74) is 2.14. The summed E-state index contributed by atoms with van der Waals surface area (Å²) in [4.78, 5) is 4.71. The van der Waals surface area contributed by atoms with Crippen LogP contribution in [0.25, 0.3) is 10.9 Å². The van der Waals surface area contributed by atoms with Gasteiger partial charge in [0.05, 0.1) is 10.5 Å². The van der Waals surface area contributed by atoms with Gasteiger partial charge in [0, 0.05) is 11.1 Å². The van der Waals surface area contributed by atoms with Crippen LogP contribution in [0.15, 0.2) is 30.3 Å². The normalized spacial score (nSPS) is 11.1. The average Bonchev–Trinajstić information content (AvgIpc) is 2.50. The van der Waals surface area contributed by atoms with Crippen molar-refractivity contribution in [2.75, 3.05) is 0 Å². The number of hydrogen-bond acceptors (Lipinski definition) is 1. The largest absolute Gasteiger partial charge is 0.253 e. The lowest BCUT2D eigenvalue weighted by atomic mass is 10.1. The molecule has 0 fully saturated rings. The van der Waals surface area contributed by atoms with Gasteiger partial charge in [0.2, 0.25) is 0 Å². The van der Waals surface area contributed by atoms with E-state index < -0.39 is 0 Å². The number of rotatable bonds is 9. The Bertz CT molecular complexity index is 550. The Morgan fingerprint density at radius 3 is 2.33 bits per heavy atom. The lowest BCUT2D eigenvalue weighted by Crippen LogP contribution is -1.92. The third-order valence-electron chi connectivity index (χ3n) is 4.01. The van der Waals surface area contributed by atoms with E-state index in [4.69, 9.17) is 16.6 Å². The molecule has 0 radical (unpaired) electrons. The topological polar surface area (TPSA) is 12.9 Å². The maximum absolute atomic E-state index is 6.33. The molecule has 0 saturated heterocycles. The summed E-state index contributed by atoms with van der Waals surface area (Å²) in [6, 6.07) is 10.1. The van der Waals surface area contributed by atoms with E-state index in [0.29, 0.717) is 0 Å². The van der Waals surface area contributed by atoms with Crippen molar-refractivity contribution in [1.29, 1.82) is 0 Å². The van der Waals surface area contributed by atoms with Crippen LogP contribution in [0, 0.1) is 0 Å². The fraction of sp³-hybridized carbons (Fsp3) is 0.526. The summed E-state index contributed by atoms with van der Waals surface area (Å²) in [5, 5.41) is 1.88.